The van der Waals surface area contributed by atoms with Crippen molar-refractivity contribution in [2.75, 3.05) is 13.2 Å². The third kappa shape index (κ3) is 5.32. The molecule has 0 aliphatic carbocycles. The second-order valence-electron chi connectivity index (χ2n) is 8.32. The van der Waals surface area contributed by atoms with E-state index in [0.29, 0.717) is 0 Å². The van der Waals surface area contributed by atoms with Crippen molar-refractivity contribution in [3.05, 3.63) is 0 Å². The van der Waals surface area contributed by atoms with E-state index < -0.39 is 105 Å². The SMILES string of the molecule is C[C@@H]1O[C@@H](O[C@H]2[C@@H](O)[C@@H](CO)O[C@@H](O)[C@@H]2O[C@@H]2O[C@H](CO)[C@@H](O)[C@H](O)[C@H]2O)[C@H](O)[C@H](O)[C@H]1O. The fourth-order valence-electron chi connectivity index (χ4n) is 3.97. The highest BCUT2D eigenvalue weighted by atomic mass is 16.8. The average molecular weight is 488 g/mol. The fourth-order valence-corrected chi connectivity index (χ4v) is 3.97. The van der Waals surface area contributed by atoms with Crippen LogP contribution in [0.1, 0.15) is 6.92 Å². The van der Waals surface area contributed by atoms with Crippen LogP contribution in [0.2, 0.25) is 0 Å². The van der Waals surface area contributed by atoms with Gasteiger partial charge in [0.25, 0.3) is 0 Å². The van der Waals surface area contributed by atoms with Gasteiger partial charge in [-0.1, -0.05) is 0 Å². The molecule has 3 aliphatic heterocycles. The summed E-state index contributed by atoms with van der Waals surface area (Å²) in [6, 6.07) is 0. The van der Waals surface area contributed by atoms with Gasteiger partial charge in [0.1, 0.15) is 67.1 Å². The normalized spacial score (nSPS) is 53.7. The third-order valence-corrected chi connectivity index (χ3v) is 6.06. The van der Waals surface area contributed by atoms with Gasteiger partial charge >= 0.3 is 0 Å². The zero-order chi connectivity index (χ0) is 24.6. The molecule has 33 heavy (non-hydrogen) atoms. The number of aliphatic hydroxyl groups is 10. The highest BCUT2D eigenvalue weighted by Gasteiger charge is 2.53. The highest BCUT2D eigenvalue weighted by molar-refractivity contribution is 4.95. The van der Waals surface area contributed by atoms with Crippen LogP contribution in [0.15, 0.2) is 0 Å². The summed E-state index contributed by atoms with van der Waals surface area (Å²) < 4.78 is 26.7. The van der Waals surface area contributed by atoms with E-state index in [2.05, 4.69) is 0 Å². The maximum atomic E-state index is 10.6. The van der Waals surface area contributed by atoms with Gasteiger partial charge in [0.2, 0.25) is 0 Å². The lowest BCUT2D eigenvalue weighted by atomic mass is 9.96. The van der Waals surface area contributed by atoms with Crippen molar-refractivity contribution >= 4 is 0 Å². The Morgan fingerprint density at radius 1 is 0.545 bits per heavy atom. The molecule has 0 unspecified atom stereocenters. The van der Waals surface area contributed by atoms with Crippen LogP contribution >= 0.6 is 0 Å². The molecule has 3 heterocycles. The number of ether oxygens (including phenoxy) is 5. The minimum atomic E-state index is -1.89. The fraction of sp³-hybridized carbons (Fsp3) is 1.00. The second kappa shape index (κ2) is 11.0. The molecule has 0 spiro atoms. The summed E-state index contributed by atoms with van der Waals surface area (Å²) in [5.74, 6) is 0. The Balaban J connectivity index is 1.82. The smallest absolute Gasteiger partial charge is 0.187 e. The van der Waals surface area contributed by atoms with E-state index in [1.165, 1.54) is 6.92 Å². The number of rotatable bonds is 6. The molecule has 194 valence electrons. The van der Waals surface area contributed by atoms with Gasteiger partial charge in [-0.05, 0) is 6.92 Å². The van der Waals surface area contributed by atoms with Crippen molar-refractivity contribution in [2.24, 2.45) is 0 Å². The maximum absolute atomic E-state index is 10.6. The molecular formula is C18H32O15. The predicted molar refractivity (Wildman–Crippen MR) is 99.8 cm³/mol. The molecule has 0 aromatic carbocycles. The van der Waals surface area contributed by atoms with Gasteiger partial charge in [0.05, 0.1) is 19.3 Å². The van der Waals surface area contributed by atoms with Gasteiger partial charge in [-0.25, -0.2) is 0 Å². The van der Waals surface area contributed by atoms with Gasteiger partial charge in [-0.15, -0.1) is 0 Å². The molecule has 3 aliphatic rings. The topological polar surface area (TPSA) is 248 Å². The minimum absolute atomic E-state index is 0.746. The lowest BCUT2D eigenvalue weighted by Crippen LogP contribution is -2.66. The van der Waals surface area contributed by atoms with Crippen LogP contribution in [0.3, 0.4) is 0 Å². The summed E-state index contributed by atoms with van der Waals surface area (Å²) in [5, 5.41) is 100.0. The van der Waals surface area contributed by atoms with Crippen LogP contribution in [-0.2, 0) is 23.7 Å². The molecule has 15 atom stereocenters. The Labute approximate surface area is 187 Å². The van der Waals surface area contributed by atoms with E-state index >= 15 is 0 Å². The molecule has 10 N–H and O–H groups in total. The first-order valence-corrected chi connectivity index (χ1v) is 10.4. The number of hydrogen-bond acceptors (Lipinski definition) is 15. The monoisotopic (exact) mass is 488 g/mol. The molecule has 0 aromatic rings. The van der Waals surface area contributed by atoms with Gasteiger partial charge in [0.15, 0.2) is 18.9 Å². The van der Waals surface area contributed by atoms with E-state index in [1.54, 1.807) is 0 Å². The van der Waals surface area contributed by atoms with Crippen LogP contribution in [-0.4, -0.2) is 156 Å². The van der Waals surface area contributed by atoms with E-state index in [4.69, 9.17) is 23.7 Å². The molecule has 15 nitrogen and oxygen atoms in total. The molecule has 0 radical (unpaired) electrons. The molecule has 0 amide bonds. The summed E-state index contributed by atoms with van der Waals surface area (Å²) in [4.78, 5) is 0. The zero-order valence-electron chi connectivity index (χ0n) is 17.6. The van der Waals surface area contributed by atoms with Gasteiger partial charge in [-0.3, -0.25) is 0 Å². The molecule has 3 rings (SSSR count). The summed E-state index contributed by atoms with van der Waals surface area (Å²) >= 11 is 0. The standard InChI is InChI=1S/C18H32O15/c1-4-7(21)10(24)12(26)17(29-4)32-14-9(23)6(3-20)30-16(28)15(14)33-18-13(27)11(25)8(22)5(2-19)31-18/h4-28H,2-3H2,1H3/t4-,5+,6+,7-,8+,9-,10+,11-,12+,13+,14-,15+,16+,17-,18-/m0/s1. The molecule has 15 heteroatoms. The van der Waals surface area contributed by atoms with Crippen molar-refractivity contribution < 1.29 is 74.7 Å². The van der Waals surface area contributed by atoms with E-state index in [0.717, 1.165) is 0 Å². The molecule has 0 bridgehead atoms. The molecule has 3 fully saturated rings. The average Bonchev–Trinajstić information content (AvgIpc) is 2.79. The Bertz CT molecular complexity index is 624. The Morgan fingerprint density at radius 3 is 1.61 bits per heavy atom. The van der Waals surface area contributed by atoms with Crippen LogP contribution in [0, 0.1) is 0 Å². The summed E-state index contributed by atoms with van der Waals surface area (Å²) in [6.07, 6.45) is -24.1. The lowest BCUT2D eigenvalue weighted by molar-refractivity contribution is -0.386. The molecule has 0 saturated carbocycles. The minimum Gasteiger partial charge on any atom is -0.394 e. The maximum Gasteiger partial charge on any atom is 0.187 e. The number of hydrogen-bond donors (Lipinski definition) is 10. The van der Waals surface area contributed by atoms with Crippen LogP contribution < -0.4 is 0 Å². The van der Waals surface area contributed by atoms with E-state index in [9.17, 15) is 51.1 Å². The van der Waals surface area contributed by atoms with Crippen molar-refractivity contribution in [1.82, 2.24) is 0 Å². The van der Waals surface area contributed by atoms with Gasteiger partial charge in [0, 0.05) is 0 Å². The Kier molecular flexibility index (Phi) is 8.99. The third-order valence-electron chi connectivity index (χ3n) is 6.06. The zero-order valence-corrected chi connectivity index (χ0v) is 17.6. The first-order chi connectivity index (χ1) is 15.5. The predicted octanol–water partition coefficient (Wildman–Crippen LogP) is -6.55. The summed E-state index contributed by atoms with van der Waals surface area (Å²) in [5.41, 5.74) is 0. The molecule has 0 aromatic heterocycles. The second-order valence-corrected chi connectivity index (χ2v) is 8.32. The Morgan fingerprint density at radius 2 is 1.03 bits per heavy atom. The summed E-state index contributed by atoms with van der Waals surface area (Å²) in [6.45, 7) is -0.107. The number of aliphatic hydroxyl groups excluding tert-OH is 10. The quantitative estimate of drug-likeness (QED) is 0.167. The van der Waals surface area contributed by atoms with Crippen molar-refractivity contribution in [1.29, 1.82) is 0 Å². The first-order valence-electron chi connectivity index (χ1n) is 10.4. The van der Waals surface area contributed by atoms with E-state index in [1.807, 2.05) is 0 Å². The lowest BCUT2D eigenvalue weighted by Gasteiger charge is -2.48. The highest BCUT2D eigenvalue weighted by Crippen LogP contribution is 2.32. The Hall–Kier alpha value is -0.600. The van der Waals surface area contributed by atoms with Gasteiger partial charge in [-0.2, -0.15) is 0 Å². The van der Waals surface area contributed by atoms with Crippen molar-refractivity contribution in [2.45, 2.75) is 99.0 Å². The molecule has 3 saturated heterocycles. The van der Waals surface area contributed by atoms with Crippen molar-refractivity contribution in [3.63, 3.8) is 0 Å². The first kappa shape index (κ1) is 27.0. The van der Waals surface area contributed by atoms with Crippen LogP contribution in [0.4, 0.5) is 0 Å². The molecular weight excluding hydrogens is 456 g/mol. The van der Waals surface area contributed by atoms with E-state index in [-0.39, 0.29) is 0 Å². The van der Waals surface area contributed by atoms with Crippen LogP contribution in [0.25, 0.3) is 0 Å². The summed E-state index contributed by atoms with van der Waals surface area (Å²) in [7, 11) is 0. The van der Waals surface area contributed by atoms with Crippen LogP contribution in [0.5, 0.6) is 0 Å². The van der Waals surface area contributed by atoms with Crippen molar-refractivity contribution in [3.8, 4) is 0 Å². The largest absolute Gasteiger partial charge is 0.394 e. The van der Waals surface area contributed by atoms with Gasteiger partial charge < -0.3 is 74.7 Å².